The summed E-state index contributed by atoms with van der Waals surface area (Å²) in [6.07, 6.45) is 1.25. The maximum Gasteiger partial charge on any atom is 0.224 e. The molecule has 1 fully saturated rings. The number of morpholine rings is 1. The van der Waals surface area contributed by atoms with Crippen molar-refractivity contribution in [1.29, 1.82) is 0 Å². The Kier molecular flexibility index (Phi) is 6.28. The first-order valence-electron chi connectivity index (χ1n) is 10.4. The number of hydrogen-bond donors (Lipinski definition) is 0. The average Bonchev–Trinajstić information content (AvgIpc) is 3.23. The second-order valence-corrected chi connectivity index (χ2v) is 7.66. The lowest BCUT2D eigenvalue weighted by molar-refractivity contribution is -0.139. The van der Waals surface area contributed by atoms with E-state index in [0.29, 0.717) is 32.7 Å². The summed E-state index contributed by atoms with van der Waals surface area (Å²) in [6.45, 7) is 5.28. The summed E-state index contributed by atoms with van der Waals surface area (Å²) in [5.41, 5.74) is 3.88. The minimum Gasteiger partial charge on any atom is -0.497 e. The molecule has 1 atom stereocenters. The monoisotopic (exact) mass is 408 g/mol. The van der Waals surface area contributed by atoms with Crippen molar-refractivity contribution in [2.75, 3.05) is 39.9 Å². The van der Waals surface area contributed by atoms with E-state index < -0.39 is 0 Å². The van der Waals surface area contributed by atoms with Crippen molar-refractivity contribution in [3.8, 4) is 17.0 Å². The summed E-state index contributed by atoms with van der Waals surface area (Å²) in [6, 6.07) is 13.8. The van der Waals surface area contributed by atoms with Crippen LogP contribution in [0.25, 0.3) is 11.3 Å². The molecule has 2 aliphatic heterocycles. The van der Waals surface area contributed by atoms with E-state index in [2.05, 4.69) is 5.10 Å². The number of hydrazone groups is 1. The maximum atomic E-state index is 12.7. The zero-order valence-electron chi connectivity index (χ0n) is 17.6. The molecule has 30 heavy (non-hydrogen) atoms. The van der Waals surface area contributed by atoms with E-state index in [-0.39, 0.29) is 12.0 Å². The Morgan fingerprint density at radius 2 is 2.03 bits per heavy atom. The molecule has 158 valence electrons. The number of carbonyl (C=O) groups is 1. The predicted molar refractivity (Wildman–Crippen MR) is 115 cm³/mol. The van der Waals surface area contributed by atoms with Crippen LogP contribution in [0, 0.1) is 0 Å². The highest BCUT2D eigenvalue weighted by Crippen LogP contribution is 2.25. The summed E-state index contributed by atoms with van der Waals surface area (Å²) in [7, 11) is 1.65. The summed E-state index contributed by atoms with van der Waals surface area (Å²) in [4.78, 5) is 19.4. The molecular weight excluding hydrogens is 380 g/mol. The van der Waals surface area contributed by atoms with Crippen LogP contribution in [-0.4, -0.2) is 66.4 Å². The number of hydrogen-bond acceptors (Lipinski definition) is 6. The van der Waals surface area contributed by atoms with Gasteiger partial charge in [0.15, 0.2) is 0 Å². The molecule has 1 aromatic carbocycles. The van der Waals surface area contributed by atoms with Gasteiger partial charge in [0.1, 0.15) is 11.9 Å². The zero-order valence-corrected chi connectivity index (χ0v) is 17.6. The highest BCUT2D eigenvalue weighted by Gasteiger charge is 2.27. The van der Waals surface area contributed by atoms with Crippen LogP contribution in [0.5, 0.6) is 5.75 Å². The molecule has 1 unspecified atom stereocenters. The number of nitrogens with zero attached hydrogens (tertiary/aromatic N) is 4. The van der Waals surface area contributed by atoms with Gasteiger partial charge in [-0.3, -0.25) is 9.80 Å². The van der Waals surface area contributed by atoms with Gasteiger partial charge in [-0.05, 0) is 43.3 Å². The number of ether oxygens (including phenoxy) is 2. The lowest BCUT2D eigenvalue weighted by Crippen LogP contribution is -2.43. The average molecular weight is 409 g/mol. The predicted octanol–water partition coefficient (Wildman–Crippen LogP) is 3.13. The SMILES string of the molecule is COc1ccc(-c2cccc(C3CN(C(=O)CCN4CCC(C)=N4)CCO3)n2)cc1. The Hall–Kier alpha value is -2.93. The smallest absolute Gasteiger partial charge is 0.224 e. The quantitative estimate of drug-likeness (QED) is 0.735. The van der Waals surface area contributed by atoms with Crippen molar-refractivity contribution in [1.82, 2.24) is 14.9 Å². The minimum atomic E-state index is -0.215. The molecule has 0 N–H and O–H groups in total. The summed E-state index contributed by atoms with van der Waals surface area (Å²) < 4.78 is 11.2. The fourth-order valence-electron chi connectivity index (χ4n) is 3.78. The number of pyridine rings is 1. The molecule has 1 saturated heterocycles. The Morgan fingerprint density at radius 1 is 1.20 bits per heavy atom. The van der Waals surface area contributed by atoms with Crippen LogP contribution in [0.1, 0.15) is 31.6 Å². The lowest BCUT2D eigenvalue weighted by Gasteiger charge is -2.33. The van der Waals surface area contributed by atoms with Crippen molar-refractivity contribution in [2.24, 2.45) is 5.10 Å². The molecule has 7 heteroatoms. The van der Waals surface area contributed by atoms with Gasteiger partial charge >= 0.3 is 0 Å². The van der Waals surface area contributed by atoms with Crippen LogP contribution in [-0.2, 0) is 9.53 Å². The number of aromatic nitrogens is 1. The molecule has 0 aliphatic carbocycles. The van der Waals surface area contributed by atoms with E-state index in [0.717, 1.165) is 41.4 Å². The number of amides is 1. The summed E-state index contributed by atoms with van der Waals surface area (Å²) in [5.74, 6) is 0.962. The van der Waals surface area contributed by atoms with Gasteiger partial charge < -0.3 is 14.4 Å². The van der Waals surface area contributed by atoms with Gasteiger partial charge in [0.05, 0.1) is 31.6 Å². The molecule has 4 rings (SSSR count). The van der Waals surface area contributed by atoms with Crippen LogP contribution >= 0.6 is 0 Å². The Balaban J connectivity index is 1.39. The lowest BCUT2D eigenvalue weighted by atomic mass is 10.1. The van der Waals surface area contributed by atoms with Gasteiger partial charge in [-0.25, -0.2) is 4.98 Å². The Morgan fingerprint density at radius 3 is 2.77 bits per heavy atom. The standard InChI is InChI=1S/C23H28N4O3/c1-17-10-12-27(25-17)13-11-23(28)26-14-15-30-22(16-26)21-5-3-4-20(24-21)18-6-8-19(29-2)9-7-18/h3-9,22H,10-16H2,1-2H3. The highest BCUT2D eigenvalue weighted by atomic mass is 16.5. The second kappa shape index (κ2) is 9.26. The highest BCUT2D eigenvalue weighted by molar-refractivity contribution is 5.83. The normalized spacial score (nSPS) is 19.0. The van der Waals surface area contributed by atoms with Gasteiger partial charge in [-0.2, -0.15) is 5.10 Å². The molecule has 1 amide bonds. The largest absolute Gasteiger partial charge is 0.497 e. The van der Waals surface area contributed by atoms with Gasteiger partial charge in [0, 0.05) is 43.8 Å². The van der Waals surface area contributed by atoms with Crippen LogP contribution in [0.2, 0.25) is 0 Å². The van der Waals surface area contributed by atoms with Crippen molar-refractivity contribution in [3.05, 3.63) is 48.2 Å². The summed E-state index contributed by atoms with van der Waals surface area (Å²) in [5, 5.41) is 6.45. The zero-order chi connectivity index (χ0) is 20.9. The van der Waals surface area contributed by atoms with Gasteiger partial charge in [-0.1, -0.05) is 6.07 Å². The van der Waals surface area contributed by atoms with E-state index in [1.807, 2.05) is 59.3 Å². The first kappa shape index (κ1) is 20.3. The third-order valence-corrected chi connectivity index (χ3v) is 5.53. The topological polar surface area (TPSA) is 67.3 Å². The molecular formula is C23H28N4O3. The summed E-state index contributed by atoms with van der Waals surface area (Å²) >= 11 is 0. The van der Waals surface area contributed by atoms with Gasteiger partial charge in [-0.15, -0.1) is 0 Å². The fraction of sp³-hybridized carbons (Fsp3) is 0.435. The minimum absolute atomic E-state index is 0.148. The number of benzene rings is 1. The number of carbonyl (C=O) groups excluding carboxylic acids is 1. The molecule has 1 aromatic heterocycles. The molecule has 0 radical (unpaired) electrons. The first-order valence-corrected chi connectivity index (χ1v) is 10.4. The van der Waals surface area contributed by atoms with Gasteiger partial charge in [0.25, 0.3) is 0 Å². The van der Waals surface area contributed by atoms with E-state index in [9.17, 15) is 4.79 Å². The third-order valence-electron chi connectivity index (χ3n) is 5.53. The maximum absolute atomic E-state index is 12.7. The van der Waals surface area contributed by atoms with E-state index in [1.54, 1.807) is 7.11 Å². The fourth-order valence-corrected chi connectivity index (χ4v) is 3.78. The third kappa shape index (κ3) is 4.79. The first-order chi connectivity index (χ1) is 14.6. The van der Waals surface area contributed by atoms with E-state index >= 15 is 0 Å². The molecule has 7 nitrogen and oxygen atoms in total. The van der Waals surface area contributed by atoms with E-state index in [4.69, 9.17) is 14.5 Å². The van der Waals surface area contributed by atoms with Crippen molar-refractivity contribution >= 4 is 11.6 Å². The Bertz CT molecular complexity index is 913. The molecule has 0 saturated carbocycles. The molecule has 3 heterocycles. The van der Waals surface area contributed by atoms with Crippen molar-refractivity contribution in [2.45, 2.75) is 25.9 Å². The number of methoxy groups -OCH3 is 1. The van der Waals surface area contributed by atoms with Gasteiger partial charge in [0.2, 0.25) is 5.91 Å². The second-order valence-electron chi connectivity index (χ2n) is 7.66. The van der Waals surface area contributed by atoms with E-state index in [1.165, 1.54) is 0 Å². The van der Waals surface area contributed by atoms with Crippen LogP contribution in [0.15, 0.2) is 47.6 Å². The molecule has 2 aliphatic rings. The van der Waals surface area contributed by atoms with Crippen LogP contribution in [0.3, 0.4) is 0 Å². The molecule has 2 aromatic rings. The molecule has 0 bridgehead atoms. The molecule has 0 spiro atoms. The van der Waals surface area contributed by atoms with Crippen LogP contribution in [0.4, 0.5) is 0 Å². The van der Waals surface area contributed by atoms with Crippen molar-refractivity contribution in [3.63, 3.8) is 0 Å². The van der Waals surface area contributed by atoms with Crippen molar-refractivity contribution < 1.29 is 14.3 Å². The number of rotatable bonds is 6. The Labute approximate surface area is 177 Å². The van der Waals surface area contributed by atoms with Crippen LogP contribution < -0.4 is 4.74 Å².